The first-order valence-electron chi connectivity index (χ1n) is 5.50. The van der Waals surface area contributed by atoms with Crippen molar-refractivity contribution in [2.24, 2.45) is 0 Å². The molecule has 0 saturated carbocycles. The molecule has 1 rings (SSSR count). The Labute approximate surface area is 123 Å². The van der Waals surface area contributed by atoms with Crippen LogP contribution in [-0.4, -0.2) is 37.6 Å². The van der Waals surface area contributed by atoms with E-state index in [4.69, 9.17) is 5.11 Å². The third-order valence-corrected chi connectivity index (χ3v) is 5.43. The summed E-state index contributed by atoms with van der Waals surface area (Å²) in [6.07, 6.45) is -5.64. The number of benzene rings is 1. The predicted octanol–water partition coefficient (Wildman–Crippen LogP) is 2.51. The molecule has 0 atom stereocenters. The lowest BCUT2D eigenvalue weighted by Crippen LogP contribution is -2.31. The molecule has 4 nitrogen and oxygen atoms in total. The Hall–Kier alpha value is -0.640. The van der Waals surface area contributed by atoms with Crippen molar-refractivity contribution in [3.05, 3.63) is 28.2 Å². The van der Waals surface area contributed by atoms with Crippen LogP contribution in [0.15, 0.2) is 27.6 Å². The second kappa shape index (κ2) is 6.42. The lowest BCUT2D eigenvalue weighted by atomic mass is 10.2. The van der Waals surface area contributed by atoms with Crippen molar-refractivity contribution in [1.82, 2.24) is 4.31 Å². The van der Waals surface area contributed by atoms with E-state index in [1.54, 1.807) is 0 Å². The van der Waals surface area contributed by atoms with Crippen molar-refractivity contribution in [2.75, 3.05) is 13.6 Å². The summed E-state index contributed by atoms with van der Waals surface area (Å²) in [7, 11) is -2.97. The monoisotopic (exact) mass is 375 g/mol. The van der Waals surface area contributed by atoms with Crippen LogP contribution in [0.2, 0.25) is 0 Å². The standard InChI is InChI=1S/C11H13BrF3NO3S/c1-16(5-4-11(13,14)15)20(18,19)10-6-8(7-17)2-3-9(10)12/h2-3,6,17H,4-5,7H2,1H3. The molecule has 0 amide bonds. The average Bonchev–Trinajstić information content (AvgIpc) is 2.35. The van der Waals surface area contributed by atoms with Crippen LogP contribution in [0.1, 0.15) is 12.0 Å². The summed E-state index contributed by atoms with van der Waals surface area (Å²) in [5.41, 5.74) is 0.357. The smallest absolute Gasteiger partial charge is 0.390 e. The Morgan fingerprint density at radius 2 is 1.95 bits per heavy atom. The molecular weight excluding hydrogens is 363 g/mol. The highest BCUT2D eigenvalue weighted by molar-refractivity contribution is 9.10. The van der Waals surface area contributed by atoms with Gasteiger partial charge in [0.25, 0.3) is 0 Å². The first-order valence-corrected chi connectivity index (χ1v) is 7.73. The van der Waals surface area contributed by atoms with Gasteiger partial charge in [-0.15, -0.1) is 0 Å². The van der Waals surface area contributed by atoms with Gasteiger partial charge in [-0.05, 0) is 33.6 Å². The van der Waals surface area contributed by atoms with E-state index in [-0.39, 0.29) is 16.0 Å². The van der Waals surface area contributed by atoms with Crippen LogP contribution < -0.4 is 0 Å². The fourth-order valence-corrected chi connectivity index (χ4v) is 3.56. The zero-order chi connectivity index (χ0) is 15.6. The van der Waals surface area contributed by atoms with E-state index in [0.29, 0.717) is 9.87 Å². The lowest BCUT2D eigenvalue weighted by Gasteiger charge is -2.19. The molecule has 0 aliphatic carbocycles. The number of aliphatic hydroxyl groups excluding tert-OH is 1. The Bertz CT molecular complexity index is 575. The van der Waals surface area contributed by atoms with Crippen molar-refractivity contribution < 1.29 is 26.7 Å². The van der Waals surface area contributed by atoms with Crippen molar-refractivity contribution in [3.8, 4) is 0 Å². The van der Waals surface area contributed by atoms with E-state index in [1.165, 1.54) is 18.2 Å². The van der Waals surface area contributed by atoms with Crippen LogP contribution in [0.4, 0.5) is 13.2 Å². The Kier molecular flexibility index (Phi) is 5.59. The SMILES string of the molecule is CN(CCC(F)(F)F)S(=O)(=O)c1cc(CO)ccc1Br. The van der Waals surface area contributed by atoms with Gasteiger partial charge < -0.3 is 5.11 Å². The summed E-state index contributed by atoms with van der Waals surface area (Å²) in [6.45, 7) is -1.02. The Morgan fingerprint density at radius 1 is 1.35 bits per heavy atom. The molecule has 1 aromatic carbocycles. The average molecular weight is 376 g/mol. The normalized spacial score (nSPS) is 12.9. The fraction of sp³-hybridized carbons (Fsp3) is 0.455. The Morgan fingerprint density at radius 3 is 2.45 bits per heavy atom. The van der Waals surface area contributed by atoms with Crippen LogP contribution in [0.5, 0.6) is 0 Å². The molecule has 0 saturated heterocycles. The molecule has 0 aliphatic heterocycles. The van der Waals surface area contributed by atoms with Gasteiger partial charge in [-0.3, -0.25) is 0 Å². The van der Waals surface area contributed by atoms with E-state index in [1.807, 2.05) is 0 Å². The summed E-state index contributed by atoms with van der Waals surface area (Å²) in [5, 5.41) is 8.99. The predicted molar refractivity (Wildman–Crippen MR) is 70.6 cm³/mol. The molecule has 9 heteroatoms. The lowest BCUT2D eigenvalue weighted by molar-refractivity contribution is -0.135. The molecule has 20 heavy (non-hydrogen) atoms. The van der Waals surface area contributed by atoms with Gasteiger partial charge in [-0.2, -0.15) is 13.2 Å². The molecule has 1 N–H and O–H groups in total. The van der Waals surface area contributed by atoms with Crippen molar-refractivity contribution in [1.29, 1.82) is 0 Å². The highest BCUT2D eigenvalue weighted by atomic mass is 79.9. The molecule has 0 fully saturated rings. The highest BCUT2D eigenvalue weighted by Gasteiger charge is 2.31. The zero-order valence-electron chi connectivity index (χ0n) is 10.5. The largest absolute Gasteiger partial charge is 0.392 e. The number of hydrogen-bond acceptors (Lipinski definition) is 3. The van der Waals surface area contributed by atoms with Gasteiger partial charge in [0, 0.05) is 18.1 Å². The second-order valence-electron chi connectivity index (χ2n) is 4.11. The molecule has 0 aliphatic rings. The summed E-state index contributed by atoms with van der Waals surface area (Å²) >= 11 is 3.04. The number of nitrogens with zero attached hydrogens (tertiary/aromatic N) is 1. The van der Waals surface area contributed by atoms with E-state index < -0.39 is 29.2 Å². The van der Waals surface area contributed by atoms with Gasteiger partial charge in [0.1, 0.15) is 0 Å². The molecule has 0 aromatic heterocycles. The fourth-order valence-electron chi connectivity index (χ4n) is 1.42. The summed E-state index contributed by atoms with van der Waals surface area (Å²) < 4.78 is 61.7. The van der Waals surface area contributed by atoms with Gasteiger partial charge in [0.2, 0.25) is 10.0 Å². The number of aliphatic hydroxyl groups is 1. The zero-order valence-corrected chi connectivity index (χ0v) is 12.9. The minimum Gasteiger partial charge on any atom is -0.392 e. The molecule has 0 heterocycles. The minimum atomic E-state index is -4.42. The van der Waals surface area contributed by atoms with Gasteiger partial charge >= 0.3 is 6.18 Å². The van der Waals surface area contributed by atoms with Gasteiger partial charge in [-0.1, -0.05) is 6.07 Å². The number of rotatable bonds is 5. The van der Waals surface area contributed by atoms with Crippen LogP contribution in [0.3, 0.4) is 0 Å². The van der Waals surface area contributed by atoms with Crippen LogP contribution in [0, 0.1) is 0 Å². The molecule has 0 bridgehead atoms. The number of hydrogen-bond donors (Lipinski definition) is 1. The maximum Gasteiger partial charge on any atom is 0.390 e. The van der Waals surface area contributed by atoms with E-state index in [0.717, 1.165) is 7.05 Å². The number of halogens is 4. The highest BCUT2D eigenvalue weighted by Crippen LogP contribution is 2.27. The van der Waals surface area contributed by atoms with Gasteiger partial charge in [0.15, 0.2) is 0 Å². The van der Waals surface area contributed by atoms with Crippen LogP contribution in [0.25, 0.3) is 0 Å². The van der Waals surface area contributed by atoms with E-state index >= 15 is 0 Å². The molecule has 0 unspecified atom stereocenters. The first-order chi connectivity index (χ1) is 9.08. The topological polar surface area (TPSA) is 57.6 Å². The number of sulfonamides is 1. The first kappa shape index (κ1) is 17.4. The maximum atomic E-state index is 12.2. The molecule has 114 valence electrons. The van der Waals surface area contributed by atoms with Crippen LogP contribution in [-0.2, 0) is 16.6 Å². The third kappa shape index (κ3) is 4.44. The minimum absolute atomic E-state index is 0.172. The van der Waals surface area contributed by atoms with Gasteiger partial charge in [-0.25, -0.2) is 12.7 Å². The summed E-state index contributed by atoms with van der Waals surface area (Å²) in [6, 6.07) is 4.17. The second-order valence-corrected chi connectivity index (χ2v) is 6.98. The molecule has 0 radical (unpaired) electrons. The van der Waals surface area contributed by atoms with E-state index in [9.17, 15) is 21.6 Å². The van der Waals surface area contributed by atoms with Crippen molar-refractivity contribution >= 4 is 26.0 Å². The van der Waals surface area contributed by atoms with Crippen molar-refractivity contribution in [2.45, 2.75) is 24.1 Å². The van der Waals surface area contributed by atoms with Gasteiger partial charge in [0.05, 0.1) is 17.9 Å². The van der Waals surface area contributed by atoms with Crippen molar-refractivity contribution in [3.63, 3.8) is 0 Å². The maximum absolute atomic E-state index is 12.2. The number of alkyl halides is 3. The summed E-state index contributed by atoms with van der Waals surface area (Å²) in [5.74, 6) is 0. The quantitative estimate of drug-likeness (QED) is 0.859. The molecule has 0 spiro atoms. The summed E-state index contributed by atoms with van der Waals surface area (Å²) in [4.78, 5) is -0.172. The Balaban J connectivity index is 3.04. The molecule has 1 aromatic rings. The van der Waals surface area contributed by atoms with Crippen LogP contribution >= 0.6 is 15.9 Å². The van der Waals surface area contributed by atoms with E-state index in [2.05, 4.69) is 15.9 Å². The molecular formula is C11H13BrF3NO3S. The third-order valence-electron chi connectivity index (χ3n) is 2.58.